The van der Waals surface area contributed by atoms with Crippen LogP contribution in [0.1, 0.15) is 20.8 Å². The Morgan fingerprint density at radius 3 is 2.45 bits per heavy atom. The molecule has 6 heteroatoms. The average Bonchev–Trinajstić information content (AvgIpc) is 2.46. The molecule has 1 aromatic heterocycles. The van der Waals surface area contributed by atoms with E-state index in [1.165, 1.54) is 37.4 Å². The molecule has 2 rings (SSSR count). The predicted molar refractivity (Wildman–Crippen MR) is 70.3 cm³/mol. The number of rotatable bonds is 3. The van der Waals surface area contributed by atoms with E-state index >= 15 is 0 Å². The van der Waals surface area contributed by atoms with Crippen LogP contribution in [0, 0.1) is 5.82 Å². The van der Waals surface area contributed by atoms with Crippen LogP contribution >= 0.6 is 0 Å². The van der Waals surface area contributed by atoms with Gasteiger partial charge in [-0.25, -0.2) is 14.2 Å². The number of carbonyl (C=O) groups excluding carboxylic acids is 1. The van der Waals surface area contributed by atoms with E-state index in [-0.39, 0.29) is 16.9 Å². The number of amides is 1. The van der Waals surface area contributed by atoms with Crippen LogP contribution in [0.3, 0.4) is 0 Å². The van der Waals surface area contributed by atoms with Crippen LogP contribution in [0.25, 0.3) is 0 Å². The second kappa shape index (κ2) is 5.48. The first-order valence-electron chi connectivity index (χ1n) is 5.72. The van der Waals surface area contributed by atoms with Gasteiger partial charge in [-0.05, 0) is 24.3 Å². The van der Waals surface area contributed by atoms with Crippen molar-refractivity contribution in [2.45, 2.75) is 0 Å². The van der Waals surface area contributed by atoms with Crippen LogP contribution in [0.4, 0.5) is 10.1 Å². The molecular weight excluding hydrogens is 263 g/mol. The molecule has 1 heterocycles. The van der Waals surface area contributed by atoms with Gasteiger partial charge in [0.1, 0.15) is 11.5 Å². The summed E-state index contributed by atoms with van der Waals surface area (Å²) in [5, 5.41) is 8.73. The fraction of sp³-hybridized carbons (Fsp3) is 0.0714. The molecule has 0 atom stereocenters. The number of pyridine rings is 1. The normalized spacial score (nSPS) is 10.1. The zero-order chi connectivity index (χ0) is 14.7. The third-order valence-electron chi connectivity index (χ3n) is 2.75. The van der Waals surface area contributed by atoms with Crippen LogP contribution in [0.2, 0.25) is 0 Å². The minimum atomic E-state index is -1.17. The Kier molecular flexibility index (Phi) is 3.74. The SMILES string of the molecule is CN(C(=O)c1ccc(C(=O)O)nc1)c1ccccc1F. The molecule has 0 saturated carbocycles. The summed E-state index contributed by atoms with van der Waals surface area (Å²) in [6.45, 7) is 0. The first kappa shape index (κ1) is 13.7. The van der Waals surface area contributed by atoms with Crippen molar-refractivity contribution in [2.75, 3.05) is 11.9 Å². The summed E-state index contributed by atoms with van der Waals surface area (Å²) >= 11 is 0. The molecule has 0 radical (unpaired) electrons. The topological polar surface area (TPSA) is 70.5 Å². The molecule has 1 N–H and O–H groups in total. The molecule has 1 aromatic carbocycles. The van der Waals surface area contributed by atoms with Gasteiger partial charge in [0, 0.05) is 13.2 Å². The predicted octanol–water partition coefficient (Wildman–Crippen LogP) is 2.20. The zero-order valence-corrected chi connectivity index (χ0v) is 10.6. The van der Waals surface area contributed by atoms with Crippen molar-refractivity contribution in [1.29, 1.82) is 0 Å². The number of hydrogen-bond donors (Lipinski definition) is 1. The van der Waals surface area contributed by atoms with E-state index in [1.54, 1.807) is 6.07 Å². The number of carboxylic acid groups (broad SMARTS) is 1. The number of carbonyl (C=O) groups is 2. The van der Waals surface area contributed by atoms with Crippen molar-refractivity contribution in [2.24, 2.45) is 0 Å². The fourth-order valence-corrected chi connectivity index (χ4v) is 1.67. The van der Waals surface area contributed by atoms with Crippen molar-refractivity contribution >= 4 is 17.6 Å². The number of para-hydroxylation sites is 1. The summed E-state index contributed by atoms with van der Waals surface area (Å²) in [5.74, 6) is -2.16. The second-order valence-corrected chi connectivity index (χ2v) is 4.05. The zero-order valence-electron chi connectivity index (χ0n) is 10.6. The number of carboxylic acids is 1. The summed E-state index contributed by atoms with van der Waals surface area (Å²) in [6, 6.07) is 8.45. The molecule has 20 heavy (non-hydrogen) atoms. The Labute approximate surface area is 114 Å². The number of aromatic nitrogens is 1. The first-order chi connectivity index (χ1) is 9.50. The van der Waals surface area contributed by atoms with E-state index in [0.717, 1.165) is 11.1 Å². The number of anilines is 1. The highest BCUT2D eigenvalue weighted by atomic mass is 19.1. The number of hydrogen-bond acceptors (Lipinski definition) is 3. The molecule has 102 valence electrons. The lowest BCUT2D eigenvalue weighted by Gasteiger charge is -2.17. The van der Waals surface area contributed by atoms with Crippen LogP contribution in [0.15, 0.2) is 42.6 Å². The molecule has 1 amide bonds. The molecule has 2 aromatic rings. The van der Waals surface area contributed by atoms with Gasteiger partial charge in [0.05, 0.1) is 11.3 Å². The van der Waals surface area contributed by atoms with Crippen LogP contribution in [-0.4, -0.2) is 29.0 Å². The third kappa shape index (κ3) is 2.64. The van der Waals surface area contributed by atoms with Gasteiger partial charge in [-0.15, -0.1) is 0 Å². The highest BCUT2D eigenvalue weighted by molar-refractivity contribution is 6.05. The third-order valence-corrected chi connectivity index (χ3v) is 2.75. The van der Waals surface area contributed by atoms with Crippen molar-refractivity contribution in [3.8, 4) is 0 Å². The largest absolute Gasteiger partial charge is 0.477 e. The van der Waals surface area contributed by atoms with Gasteiger partial charge < -0.3 is 10.0 Å². The summed E-state index contributed by atoms with van der Waals surface area (Å²) < 4.78 is 13.6. The summed E-state index contributed by atoms with van der Waals surface area (Å²) in [6.07, 6.45) is 1.16. The Bertz CT molecular complexity index is 656. The van der Waals surface area contributed by atoms with Crippen LogP contribution < -0.4 is 4.90 Å². The maximum absolute atomic E-state index is 13.6. The summed E-state index contributed by atoms with van der Waals surface area (Å²) in [4.78, 5) is 27.6. The highest BCUT2D eigenvalue weighted by Gasteiger charge is 2.17. The van der Waals surface area contributed by atoms with Crippen molar-refractivity contribution < 1.29 is 19.1 Å². The minimum absolute atomic E-state index is 0.139. The lowest BCUT2D eigenvalue weighted by molar-refractivity contribution is 0.0690. The molecule has 5 nitrogen and oxygen atoms in total. The van der Waals surface area contributed by atoms with E-state index in [1.807, 2.05) is 0 Å². The van der Waals surface area contributed by atoms with Crippen LogP contribution in [-0.2, 0) is 0 Å². The fourth-order valence-electron chi connectivity index (χ4n) is 1.67. The Balaban J connectivity index is 2.27. The van der Waals surface area contributed by atoms with E-state index in [2.05, 4.69) is 4.98 Å². The van der Waals surface area contributed by atoms with Gasteiger partial charge in [-0.2, -0.15) is 0 Å². The smallest absolute Gasteiger partial charge is 0.354 e. The lowest BCUT2D eigenvalue weighted by Crippen LogP contribution is -2.27. The van der Waals surface area contributed by atoms with Gasteiger partial charge in [0.2, 0.25) is 0 Å². The van der Waals surface area contributed by atoms with E-state index < -0.39 is 17.7 Å². The molecule has 0 fully saturated rings. The van der Waals surface area contributed by atoms with Crippen molar-refractivity contribution in [3.63, 3.8) is 0 Å². The minimum Gasteiger partial charge on any atom is -0.477 e. The maximum atomic E-state index is 13.6. The van der Waals surface area contributed by atoms with E-state index in [9.17, 15) is 14.0 Å². The molecule has 0 aliphatic carbocycles. The van der Waals surface area contributed by atoms with Crippen molar-refractivity contribution in [1.82, 2.24) is 4.98 Å². The Morgan fingerprint density at radius 2 is 1.90 bits per heavy atom. The van der Waals surface area contributed by atoms with Gasteiger partial charge in [0.25, 0.3) is 5.91 Å². The van der Waals surface area contributed by atoms with Gasteiger partial charge in [-0.3, -0.25) is 4.79 Å². The molecule has 0 saturated heterocycles. The average molecular weight is 274 g/mol. The molecule has 0 bridgehead atoms. The van der Waals surface area contributed by atoms with Crippen LogP contribution in [0.5, 0.6) is 0 Å². The molecule has 0 unspecified atom stereocenters. The number of benzene rings is 1. The Hall–Kier alpha value is -2.76. The first-order valence-corrected chi connectivity index (χ1v) is 5.72. The van der Waals surface area contributed by atoms with E-state index in [4.69, 9.17) is 5.11 Å². The summed E-state index contributed by atoms with van der Waals surface area (Å²) in [7, 11) is 1.44. The summed E-state index contributed by atoms with van der Waals surface area (Å²) in [5.41, 5.74) is 0.163. The number of nitrogens with zero attached hydrogens (tertiary/aromatic N) is 2. The van der Waals surface area contributed by atoms with Gasteiger partial charge in [0.15, 0.2) is 0 Å². The van der Waals surface area contributed by atoms with Gasteiger partial charge >= 0.3 is 5.97 Å². The molecular formula is C14H11FN2O3. The number of halogens is 1. The molecule has 0 spiro atoms. The quantitative estimate of drug-likeness (QED) is 0.931. The van der Waals surface area contributed by atoms with Gasteiger partial charge in [-0.1, -0.05) is 12.1 Å². The molecule has 0 aliphatic rings. The number of aromatic carboxylic acids is 1. The lowest BCUT2D eigenvalue weighted by atomic mass is 10.2. The Morgan fingerprint density at radius 1 is 1.20 bits per heavy atom. The van der Waals surface area contributed by atoms with E-state index in [0.29, 0.717) is 0 Å². The second-order valence-electron chi connectivity index (χ2n) is 4.05. The maximum Gasteiger partial charge on any atom is 0.354 e. The van der Waals surface area contributed by atoms with Crippen molar-refractivity contribution in [3.05, 3.63) is 59.7 Å². The monoisotopic (exact) mass is 274 g/mol. The standard InChI is InChI=1S/C14H11FN2O3/c1-17(12-5-3-2-4-10(12)15)13(18)9-6-7-11(14(19)20)16-8-9/h2-8H,1H3,(H,19,20). The molecule has 0 aliphatic heterocycles. The highest BCUT2D eigenvalue weighted by Crippen LogP contribution is 2.19.